The van der Waals surface area contributed by atoms with Crippen molar-refractivity contribution >= 4 is 0 Å². The van der Waals surface area contributed by atoms with Crippen LogP contribution in [0.3, 0.4) is 0 Å². The molecule has 0 radical (unpaired) electrons. The van der Waals surface area contributed by atoms with Gasteiger partial charge in [-0.1, -0.05) is 12.8 Å². The van der Waals surface area contributed by atoms with Crippen LogP contribution in [0.5, 0.6) is 0 Å². The van der Waals surface area contributed by atoms with Gasteiger partial charge in [0.15, 0.2) is 0 Å². The highest BCUT2D eigenvalue weighted by Gasteiger charge is 2.17. The molecule has 0 aromatic heterocycles. The van der Waals surface area contributed by atoms with Crippen molar-refractivity contribution in [2.45, 2.75) is 70.9 Å². The number of nitrogens with zero attached hydrogens (tertiary/aromatic N) is 1. The smallest absolute Gasteiger partial charge is 0.00975 e. The zero-order valence-electron chi connectivity index (χ0n) is 10.8. The van der Waals surface area contributed by atoms with E-state index in [0.717, 1.165) is 12.5 Å². The second kappa shape index (κ2) is 5.86. The summed E-state index contributed by atoms with van der Waals surface area (Å²) in [6, 6.07) is 0.786. The first kappa shape index (κ1) is 13.0. The minimum atomic E-state index is 0.00902. The summed E-state index contributed by atoms with van der Waals surface area (Å²) < 4.78 is 0. The van der Waals surface area contributed by atoms with E-state index < -0.39 is 0 Å². The van der Waals surface area contributed by atoms with E-state index in [1.807, 2.05) is 0 Å². The summed E-state index contributed by atoms with van der Waals surface area (Å²) in [7, 11) is 0. The second-order valence-corrected chi connectivity index (χ2v) is 5.83. The normalized spacial score (nSPS) is 25.2. The molecule has 1 rings (SSSR count). The molecular weight excluding hydrogens is 184 g/mol. The van der Waals surface area contributed by atoms with Gasteiger partial charge < -0.3 is 10.6 Å². The van der Waals surface area contributed by atoms with Crippen molar-refractivity contribution in [3.05, 3.63) is 0 Å². The third-order valence-corrected chi connectivity index (χ3v) is 3.46. The van der Waals surface area contributed by atoms with Gasteiger partial charge in [0, 0.05) is 11.6 Å². The summed E-state index contributed by atoms with van der Waals surface area (Å²) in [5.74, 6) is 0. The van der Waals surface area contributed by atoms with Crippen LogP contribution in [-0.2, 0) is 0 Å². The standard InChI is InChI=1S/C13H28N2/c1-12-8-5-4-6-10-15(12)11-7-9-13(2,3)14/h12H,4-11,14H2,1-3H3. The van der Waals surface area contributed by atoms with Gasteiger partial charge in [-0.25, -0.2) is 0 Å². The molecule has 1 atom stereocenters. The Morgan fingerprint density at radius 3 is 2.67 bits per heavy atom. The molecule has 2 N–H and O–H groups in total. The van der Waals surface area contributed by atoms with Crippen LogP contribution >= 0.6 is 0 Å². The first-order chi connectivity index (χ1) is 6.99. The molecule has 0 saturated carbocycles. The topological polar surface area (TPSA) is 29.3 Å². The molecule has 15 heavy (non-hydrogen) atoms. The summed E-state index contributed by atoms with van der Waals surface area (Å²) in [6.45, 7) is 9.16. The Morgan fingerprint density at radius 1 is 1.27 bits per heavy atom. The lowest BCUT2D eigenvalue weighted by Gasteiger charge is -2.28. The van der Waals surface area contributed by atoms with Crippen molar-refractivity contribution in [2.75, 3.05) is 13.1 Å². The van der Waals surface area contributed by atoms with Crippen molar-refractivity contribution in [3.63, 3.8) is 0 Å². The highest BCUT2D eigenvalue weighted by molar-refractivity contribution is 4.75. The molecule has 1 unspecified atom stereocenters. The summed E-state index contributed by atoms with van der Waals surface area (Å²) in [5, 5.41) is 0. The van der Waals surface area contributed by atoms with Crippen molar-refractivity contribution in [1.82, 2.24) is 4.90 Å². The average molecular weight is 212 g/mol. The maximum absolute atomic E-state index is 6.00. The molecule has 0 amide bonds. The third kappa shape index (κ3) is 5.53. The Balaban J connectivity index is 2.23. The predicted octanol–water partition coefficient (Wildman–Crippen LogP) is 2.77. The Morgan fingerprint density at radius 2 is 2.00 bits per heavy atom. The van der Waals surface area contributed by atoms with Gasteiger partial charge in [-0.2, -0.15) is 0 Å². The monoisotopic (exact) mass is 212 g/mol. The molecule has 0 bridgehead atoms. The van der Waals surface area contributed by atoms with Crippen LogP contribution in [0.15, 0.2) is 0 Å². The summed E-state index contributed by atoms with van der Waals surface area (Å²) in [6.07, 6.45) is 7.98. The fraction of sp³-hybridized carbons (Fsp3) is 1.00. The summed E-state index contributed by atoms with van der Waals surface area (Å²) >= 11 is 0. The van der Waals surface area contributed by atoms with E-state index in [9.17, 15) is 0 Å². The lowest BCUT2D eigenvalue weighted by molar-refractivity contribution is 0.204. The van der Waals surface area contributed by atoms with Crippen molar-refractivity contribution in [1.29, 1.82) is 0 Å². The van der Waals surface area contributed by atoms with Gasteiger partial charge in [-0.05, 0) is 59.5 Å². The molecule has 0 aliphatic carbocycles. The number of hydrogen-bond donors (Lipinski definition) is 1. The van der Waals surface area contributed by atoms with Gasteiger partial charge in [-0.15, -0.1) is 0 Å². The van der Waals surface area contributed by atoms with E-state index in [0.29, 0.717) is 0 Å². The van der Waals surface area contributed by atoms with Crippen LogP contribution in [0.4, 0.5) is 0 Å². The average Bonchev–Trinajstić information content (AvgIpc) is 2.30. The SMILES string of the molecule is CC1CCCCCN1CCCC(C)(C)N. The quantitative estimate of drug-likeness (QED) is 0.776. The van der Waals surface area contributed by atoms with Crippen LogP contribution in [0.2, 0.25) is 0 Å². The molecule has 0 aromatic carbocycles. The van der Waals surface area contributed by atoms with E-state index >= 15 is 0 Å². The van der Waals surface area contributed by atoms with Gasteiger partial charge >= 0.3 is 0 Å². The lowest BCUT2D eigenvalue weighted by atomic mass is 10.00. The Kier molecular flexibility index (Phi) is 5.07. The molecular formula is C13H28N2. The summed E-state index contributed by atoms with van der Waals surface area (Å²) in [5.41, 5.74) is 6.01. The molecule has 1 aliphatic heterocycles. The number of hydrogen-bond acceptors (Lipinski definition) is 2. The van der Waals surface area contributed by atoms with Crippen molar-refractivity contribution < 1.29 is 0 Å². The van der Waals surface area contributed by atoms with E-state index in [4.69, 9.17) is 5.73 Å². The highest BCUT2D eigenvalue weighted by atomic mass is 15.1. The number of likely N-dealkylation sites (tertiary alicyclic amines) is 1. The first-order valence-corrected chi connectivity index (χ1v) is 6.52. The predicted molar refractivity (Wildman–Crippen MR) is 67.0 cm³/mol. The van der Waals surface area contributed by atoms with Crippen LogP contribution in [0.25, 0.3) is 0 Å². The number of rotatable bonds is 4. The largest absolute Gasteiger partial charge is 0.326 e. The molecule has 90 valence electrons. The van der Waals surface area contributed by atoms with Crippen LogP contribution < -0.4 is 5.73 Å². The Bertz CT molecular complexity index is 172. The number of nitrogens with two attached hydrogens (primary N) is 1. The van der Waals surface area contributed by atoms with Gasteiger partial charge in [0.2, 0.25) is 0 Å². The molecule has 2 heteroatoms. The minimum Gasteiger partial charge on any atom is -0.326 e. The Labute approximate surface area is 95.2 Å². The molecule has 0 spiro atoms. The van der Waals surface area contributed by atoms with Gasteiger partial charge in [0.05, 0.1) is 0 Å². The minimum absolute atomic E-state index is 0.00902. The van der Waals surface area contributed by atoms with E-state index in [1.165, 1.54) is 45.2 Å². The summed E-state index contributed by atoms with van der Waals surface area (Å²) in [4.78, 5) is 2.65. The van der Waals surface area contributed by atoms with Gasteiger partial charge in [0.25, 0.3) is 0 Å². The molecule has 1 saturated heterocycles. The molecule has 1 heterocycles. The maximum Gasteiger partial charge on any atom is 0.00975 e. The van der Waals surface area contributed by atoms with Crippen molar-refractivity contribution in [2.24, 2.45) is 5.73 Å². The van der Waals surface area contributed by atoms with E-state index in [-0.39, 0.29) is 5.54 Å². The molecule has 0 aromatic rings. The van der Waals surface area contributed by atoms with E-state index in [2.05, 4.69) is 25.7 Å². The highest BCUT2D eigenvalue weighted by Crippen LogP contribution is 2.17. The second-order valence-electron chi connectivity index (χ2n) is 5.83. The fourth-order valence-corrected chi connectivity index (χ4v) is 2.40. The molecule has 1 fully saturated rings. The maximum atomic E-state index is 6.00. The van der Waals surface area contributed by atoms with Crippen LogP contribution in [0.1, 0.15) is 59.3 Å². The van der Waals surface area contributed by atoms with E-state index in [1.54, 1.807) is 0 Å². The van der Waals surface area contributed by atoms with Gasteiger partial charge in [-0.3, -0.25) is 0 Å². The molecule has 2 nitrogen and oxygen atoms in total. The zero-order chi connectivity index (χ0) is 11.3. The zero-order valence-corrected chi connectivity index (χ0v) is 10.8. The van der Waals surface area contributed by atoms with Gasteiger partial charge in [0.1, 0.15) is 0 Å². The Hall–Kier alpha value is -0.0800. The van der Waals surface area contributed by atoms with Crippen LogP contribution in [0, 0.1) is 0 Å². The molecule has 1 aliphatic rings. The first-order valence-electron chi connectivity index (χ1n) is 6.52. The fourth-order valence-electron chi connectivity index (χ4n) is 2.40. The lowest BCUT2D eigenvalue weighted by Crippen LogP contribution is -2.36. The van der Waals surface area contributed by atoms with Crippen molar-refractivity contribution in [3.8, 4) is 0 Å². The van der Waals surface area contributed by atoms with Crippen LogP contribution in [-0.4, -0.2) is 29.6 Å². The third-order valence-electron chi connectivity index (χ3n) is 3.46.